The molecule has 0 aromatic heterocycles. The monoisotopic (exact) mass is 323 g/mol. The lowest BCUT2D eigenvalue weighted by atomic mass is 9.87. The summed E-state index contributed by atoms with van der Waals surface area (Å²) >= 11 is 0. The molecule has 2 rings (SSSR count). The van der Waals surface area contributed by atoms with Crippen molar-refractivity contribution >= 4 is 11.8 Å². The van der Waals surface area contributed by atoms with Gasteiger partial charge in [0, 0.05) is 38.8 Å². The van der Waals surface area contributed by atoms with Crippen LogP contribution in [0.15, 0.2) is 0 Å². The number of rotatable bonds is 4. The highest BCUT2D eigenvalue weighted by molar-refractivity contribution is 6.04. The van der Waals surface area contributed by atoms with Crippen LogP contribution in [0.5, 0.6) is 0 Å². The van der Waals surface area contributed by atoms with Gasteiger partial charge in [-0.15, -0.1) is 0 Å². The highest BCUT2D eigenvalue weighted by Gasteiger charge is 2.44. The molecular weight excluding hydrogens is 290 g/mol. The lowest BCUT2D eigenvalue weighted by molar-refractivity contribution is -0.157. The third-order valence-corrected chi connectivity index (χ3v) is 5.54. The normalized spacial score (nSPS) is 23.9. The zero-order chi connectivity index (χ0) is 17.0. The van der Waals surface area contributed by atoms with Gasteiger partial charge in [-0.2, -0.15) is 0 Å². The SMILES string of the molecule is CCC1CCCCN1C(=O)C(C)(C)C(=O)N1CCN(CC)CC1. The van der Waals surface area contributed by atoms with Crippen LogP contribution in [0.25, 0.3) is 0 Å². The zero-order valence-corrected chi connectivity index (χ0v) is 15.3. The molecule has 2 saturated heterocycles. The number of carbonyl (C=O) groups is 2. The Hall–Kier alpha value is -1.10. The van der Waals surface area contributed by atoms with Crippen molar-refractivity contribution in [3.63, 3.8) is 0 Å². The number of hydrogen-bond donors (Lipinski definition) is 0. The van der Waals surface area contributed by atoms with Crippen molar-refractivity contribution in [2.45, 2.75) is 59.4 Å². The molecule has 0 bridgehead atoms. The Morgan fingerprint density at radius 2 is 1.61 bits per heavy atom. The summed E-state index contributed by atoms with van der Waals surface area (Å²) in [7, 11) is 0. The van der Waals surface area contributed by atoms with Gasteiger partial charge in [0.2, 0.25) is 11.8 Å². The predicted molar refractivity (Wildman–Crippen MR) is 92.1 cm³/mol. The minimum absolute atomic E-state index is 0.00122. The molecule has 1 unspecified atom stereocenters. The van der Waals surface area contributed by atoms with E-state index >= 15 is 0 Å². The summed E-state index contributed by atoms with van der Waals surface area (Å²) in [5, 5.41) is 0. The molecule has 0 spiro atoms. The first-order valence-corrected chi connectivity index (χ1v) is 9.24. The van der Waals surface area contributed by atoms with Crippen LogP contribution in [0.4, 0.5) is 0 Å². The van der Waals surface area contributed by atoms with Crippen molar-refractivity contribution in [2.75, 3.05) is 39.3 Å². The number of likely N-dealkylation sites (tertiary alicyclic amines) is 1. The van der Waals surface area contributed by atoms with E-state index in [1.165, 1.54) is 6.42 Å². The molecule has 0 N–H and O–H groups in total. The molecule has 2 aliphatic rings. The Balaban J connectivity index is 2.04. The Morgan fingerprint density at radius 3 is 2.17 bits per heavy atom. The topological polar surface area (TPSA) is 43.9 Å². The van der Waals surface area contributed by atoms with Crippen LogP contribution < -0.4 is 0 Å². The van der Waals surface area contributed by atoms with Gasteiger partial charge in [-0.25, -0.2) is 0 Å². The van der Waals surface area contributed by atoms with Crippen molar-refractivity contribution in [1.82, 2.24) is 14.7 Å². The molecule has 0 saturated carbocycles. The van der Waals surface area contributed by atoms with Gasteiger partial charge in [0.15, 0.2) is 0 Å². The van der Waals surface area contributed by atoms with Gasteiger partial charge in [0.25, 0.3) is 0 Å². The first-order chi connectivity index (χ1) is 10.9. The van der Waals surface area contributed by atoms with Gasteiger partial charge in [0.1, 0.15) is 5.41 Å². The number of piperidine rings is 1. The van der Waals surface area contributed by atoms with E-state index in [9.17, 15) is 9.59 Å². The molecule has 0 radical (unpaired) electrons. The number of hydrogen-bond acceptors (Lipinski definition) is 3. The van der Waals surface area contributed by atoms with Crippen LogP contribution in [-0.2, 0) is 9.59 Å². The molecule has 1 atom stereocenters. The second-order valence-electron chi connectivity index (χ2n) is 7.41. The standard InChI is InChI=1S/C18H33N3O2/c1-5-15-9-7-8-10-21(15)17(23)18(3,4)16(22)20-13-11-19(6-2)12-14-20/h15H,5-14H2,1-4H3. The summed E-state index contributed by atoms with van der Waals surface area (Å²) in [5.41, 5.74) is -0.945. The molecule has 23 heavy (non-hydrogen) atoms. The average Bonchev–Trinajstić information content (AvgIpc) is 2.60. The highest BCUT2D eigenvalue weighted by atomic mass is 16.2. The first kappa shape index (κ1) is 18.2. The summed E-state index contributed by atoms with van der Waals surface area (Å²) in [4.78, 5) is 32.2. The van der Waals surface area contributed by atoms with Crippen molar-refractivity contribution in [3.8, 4) is 0 Å². The van der Waals surface area contributed by atoms with Crippen LogP contribution in [0.3, 0.4) is 0 Å². The van der Waals surface area contributed by atoms with E-state index in [1.807, 2.05) is 23.6 Å². The van der Waals surface area contributed by atoms with Gasteiger partial charge in [-0.1, -0.05) is 13.8 Å². The zero-order valence-electron chi connectivity index (χ0n) is 15.3. The van der Waals surface area contributed by atoms with Gasteiger partial charge in [-0.05, 0) is 46.1 Å². The summed E-state index contributed by atoms with van der Waals surface area (Å²) in [6.07, 6.45) is 4.30. The third-order valence-electron chi connectivity index (χ3n) is 5.54. The van der Waals surface area contributed by atoms with Crippen LogP contribution >= 0.6 is 0 Å². The molecule has 2 fully saturated rings. The Kier molecular flexibility index (Phi) is 6.06. The fourth-order valence-corrected chi connectivity index (χ4v) is 3.81. The number of likely N-dealkylation sites (N-methyl/N-ethyl adjacent to an activating group) is 1. The summed E-state index contributed by atoms with van der Waals surface area (Å²) in [6, 6.07) is 0.306. The van der Waals surface area contributed by atoms with Crippen LogP contribution in [-0.4, -0.2) is 71.8 Å². The molecule has 2 aliphatic heterocycles. The van der Waals surface area contributed by atoms with E-state index in [0.717, 1.165) is 58.5 Å². The fraction of sp³-hybridized carbons (Fsp3) is 0.889. The summed E-state index contributed by atoms with van der Waals surface area (Å²) in [6.45, 7) is 13.0. The smallest absolute Gasteiger partial charge is 0.237 e. The molecular formula is C18H33N3O2. The molecule has 2 amide bonds. The second-order valence-corrected chi connectivity index (χ2v) is 7.41. The fourth-order valence-electron chi connectivity index (χ4n) is 3.81. The molecule has 0 aromatic rings. The largest absolute Gasteiger partial charge is 0.339 e. The quantitative estimate of drug-likeness (QED) is 0.743. The number of piperazine rings is 1. The Labute approximate surface area is 141 Å². The Morgan fingerprint density at radius 1 is 0.957 bits per heavy atom. The van der Waals surface area contributed by atoms with Crippen molar-refractivity contribution in [3.05, 3.63) is 0 Å². The molecule has 2 heterocycles. The van der Waals surface area contributed by atoms with Crippen molar-refractivity contribution < 1.29 is 9.59 Å². The molecule has 0 aromatic carbocycles. The van der Waals surface area contributed by atoms with Crippen molar-refractivity contribution in [1.29, 1.82) is 0 Å². The third kappa shape index (κ3) is 3.87. The lowest BCUT2D eigenvalue weighted by Crippen LogP contribution is -2.57. The van der Waals surface area contributed by atoms with Gasteiger partial charge >= 0.3 is 0 Å². The number of amides is 2. The van der Waals surface area contributed by atoms with E-state index in [-0.39, 0.29) is 11.8 Å². The maximum atomic E-state index is 13.1. The summed E-state index contributed by atoms with van der Waals surface area (Å²) in [5.74, 6) is 0.0191. The van der Waals surface area contributed by atoms with E-state index in [1.54, 1.807) is 0 Å². The van der Waals surface area contributed by atoms with Crippen LogP contribution in [0.1, 0.15) is 53.4 Å². The second kappa shape index (κ2) is 7.65. The molecule has 0 aliphatic carbocycles. The van der Waals surface area contributed by atoms with E-state index in [0.29, 0.717) is 6.04 Å². The maximum absolute atomic E-state index is 13.1. The maximum Gasteiger partial charge on any atom is 0.237 e. The van der Waals surface area contributed by atoms with E-state index in [2.05, 4.69) is 18.7 Å². The van der Waals surface area contributed by atoms with E-state index < -0.39 is 5.41 Å². The van der Waals surface area contributed by atoms with Gasteiger partial charge in [0.05, 0.1) is 0 Å². The summed E-state index contributed by atoms with van der Waals surface area (Å²) < 4.78 is 0. The average molecular weight is 323 g/mol. The van der Waals surface area contributed by atoms with Gasteiger partial charge in [-0.3, -0.25) is 9.59 Å². The molecule has 5 heteroatoms. The Bertz CT molecular complexity index is 428. The van der Waals surface area contributed by atoms with Gasteiger partial charge < -0.3 is 14.7 Å². The minimum atomic E-state index is -0.945. The predicted octanol–water partition coefficient (Wildman–Crippen LogP) is 1.97. The molecule has 5 nitrogen and oxygen atoms in total. The van der Waals surface area contributed by atoms with Crippen LogP contribution in [0.2, 0.25) is 0 Å². The lowest BCUT2D eigenvalue weighted by Gasteiger charge is -2.42. The number of carbonyl (C=O) groups excluding carboxylic acids is 2. The minimum Gasteiger partial charge on any atom is -0.339 e. The van der Waals surface area contributed by atoms with Crippen molar-refractivity contribution in [2.24, 2.45) is 5.41 Å². The van der Waals surface area contributed by atoms with Crippen LogP contribution in [0, 0.1) is 5.41 Å². The highest BCUT2D eigenvalue weighted by Crippen LogP contribution is 2.28. The number of nitrogens with zero attached hydrogens (tertiary/aromatic N) is 3. The first-order valence-electron chi connectivity index (χ1n) is 9.24. The molecule has 132 valence electrons. The van der Waals surface area contributed by atoms with E-state index in [4.69, 9.17) is 0 Å².